The fraction of sp³-hybridized carbons (Fsp3) is 0.455. The van der Waals surface area contributed by atoms with Crippen LogP contribution in [0.15, 0.2) is 24.3 Å². The zero-order valence-electron chi connectivity index (χ0n) is 9.77. The summed E-state index contributed by atoms with van der Waals surface area (Å²) in [7, 11) is 0. The van der Waals surface area contributed by atoms with E-state index in [4.69, 9.17) is 19.7 Å². The van der Waals surface area contributed by atoms with E-state index in [1.807, 2.05) is 26.0 Å². The molecule has 2 N–H and O–H groups in total. The van der Waals surface area contributed by atoms with E-state index in [1.165, 1.54) is 0 Å². The molecule has 0 spiro atoms. The highest BCUT2D eigenvalue weighted by Gasteiger charge is 2.08. The molecular weight excluding hydrogens is 212 g/mol. The summed E-state index contributed by atoms with van der Waals surface area (Å²) in [5.41, 5.74) is 0.443. The monoisotopic (exact) mass is 230 g/mol. The first-order valence-electron chi connectivity index (χ1n) is 4.76. The van der Waals surface area contributed by atoms with Gasteiger partial charge < -0.3 is 14.9 Å². The first-order valence-corrected chi connectivity index (χ1v) is 4.76. The van der Waals surface area contributed by atoms with Gasteiger partial charge in [-0.05, 0) is 26.3 Å². The van der Waals surface area contributed by atoms with Crippen molar-refractivity contribution in [3.8, 4) is 0 Å². The third-order valence-corrected chi connectivity index (χ3v) is 1.42. The summed E-state index contributed by atoms with van der Waals surface area (Å²) in [6.45, 7) is 9.02. The highest BCUT2D eigenvalue weighted by molar-refractivity contribution is 5.87. The fourth-order valence-electron chi connectivity index (χ4n) is 0.711. The Kier molecular flexibility index (Phi) is 10.2. The molecule has 0 rings (SSSR count). The Morgan fingerprint density at radius 3 is 2.12 bits per heavy atom. The van der Waals surface area contributed by atoms with E-state index in [9.17, 15) is 4.79 Å². The molecule has 0 heterocycles. The van der Waals surface area contributed by atoms with Crippen LogP contribution in [0.3, 0.4) is 0 Å². The molecule has 0 aromatic rings. The van der Waals surface area contributed by atoms with Gasteiger partial charge in [0, 0.05) is 5.57 Å². The number of carbonyl (C=O) groups excluding carboxylic acids is 1. The predicted molar refractivity (Wildman–Crippen MR) is 60.5 cm³/mol. The summed E-state index contributed by atoms with van der Waals surface area (Å²) < 4.78 is 5.08. The maximum absolute atomic E-state index is 11.0. The van der Waals surface area contributed by atoms with Gasteiger partial charge in [0.15, 0.2) is 0 Å². The topological polar surface area (TPSA) is 83.8 Å². The van der Waals surface area contributed by atoms with Crippen molar-refractivity contribution >= 4 is 12.1 Å². The maximum atomic E-state index is 11.0. The zero-order chi connectivity index (χ0) is 13.1. The number of esters is 1. The van der Waals surface area contributed by atoms with Crippen LogP contribution in [0.5, 0.6) is 0 Å². The predicted octanol–water partition coefficient (Wildman–Crippen LogP) is 2.68. The van der Waals surface area contributed by atoms with Crippen molar-refractivity contribution in [2.24, 2.45) is 0 Å². The van der Waals surface area contributed by atoms with Crippen LogP contribution in [0.4, 0.5) is 4.79 Å². The summed E-state index contributed by atoms with van der Waals surface area (Å²) in [5, 5.41) is 13.9. The number of carboxylic acid groups (broad SMARTS) is 2. The lowest BCUT2D eigenvalue weighted by Crippen LogP contribution is -2.15. The van der Waals surface area contributed by atoms with Crippen molar-refractivity contribution in [1.82, 2.24) is 0 Å². The van der Waals surface area contributed by atoms with Gasteiger partial charge in [-0.3, -0.25) is 0 Å². The Morgan fingerprint density at radius 1 is 1.44 bits per heavy atom. The van der Waals surface area contributed by atoms with Crippen LogP contribution in [-0.4, -0.2) is 28.4 Å². The Hall–Kier alpha value is -1.78. The van der Waals surface area contributed by atoms with Gasteiger partial charge in [-0.1, -0.05) is 19.6 Å². The largest absolute Gasteiger partial charge is 0.503 e. The molecule has 0 bridgehead atoms. The molecule has 5 nitrogen and oxygen atoms in total. The molecule has 0 radical (unpaired) electrons. The molecule has 0 aliphatic rings. The van der Waals surface area contributed by atoms with E-state index in [0.717, 1.165) is 6.42 Å². The van der Waals surface area contributed by atoms with Gasteiger partial charge >= 0.3 is 12.1 Å². The molecule has 0 aromatic carbocycles. The Balaban J connectivity index is 0. The van der Waals surface area contributed by atoms with Gasteiger partial charge in [0.25, 0.3) is 0 Å². The molecule has 0 aromatic heterocycles. The highest BCUT2D eigenvalue weighted by Crippen LogP contribution is 2.03. The molecular formula is C11H18O5. The Bertz CT molecular complexity index is 264. The second-order valence-corrected chi connectivity index (χ2v) is 2.94. The normalized spacial score (nSPS) is 11.2. The molecule has 1 atom stereocenters. The summed E-state index contributed by atoms with van der Waals surface area (Å²) in [6.07, 6.45) is 2.59. The molecule has 0 fully saturated rings. The van der Waals surface area contributed by atoms with Crippen LogP contribution in [0, 0.1) is 0 Å². The number of allylic oxidation sites excluding steroid dienone is 1. The van der Waals surface area contributed by atoms with Crippen LogP contribution in [0.2, 0.25) is 0 Å². The standard InChI is InChI=1S/C10H16O2.CH2O3/c1-5-7-9(6-2)12-10(11)8(3)4;2-1(3)4/h5,7,9H,3,6H2,1-2,4H3;(H2,2,3,4). The number of ether oxygens (including phenoxy) is 1. The Morgan fingerprint density at radius 2 is 1.88 bits per heavy atom. The molecule has 5 heteroatoms. The fourth-order valence-corrected chi connectivity index (χ4v) is 0.711. The first-order chi connectivity index (χ1) is 7.34. The smallest absolute Gasteiger partial charge is 0.455 e. The minimum absolute atomic E-state index is 0.112. The summed E-state index contributed by atoms with van der Waals surface area (Å²) in [5.74, 6) is -0.319. The molecule has 16 heavy (non-hydrogen) atoms. The summed E-state index contributed by atoms with van der Waals surface area (Å²) in [4.78, 5) is 19.6. The number of hydrogen-bond donors (Lipinski definition) is 2. The summed E-state index contributed by atoms with van der Waals surface area (Å²) >= 11 is 0. The van der Waals surface area contributed by atoms with Gasteiger partial charge in [0.05, 0.1) is 0 Å². The molecule has 92 valence electrons. The van der Waals surface area contributed by atoms with Gasteiger partial charge in [0.1, 0.15) is 6.10 Å². The number of rotatable bonds is 4. The second kappa shape index (κ2) is 9.76. The van der Waals surface area contributed by atoms with Crippen molar-refractivity contribution in [3.05, 3.63) is 24.3 Å². The minimum atomic E-state index is -1.83. The van der Waals surface area contributed by atoms with E-state index < -0.39 is 6.16 Å². The van der Waals surface area contributed by atoms with E-state index in [2.05, 4.69) is 6.58 Å². The molecule has 0 amide bonds. The Labute approximate surface area is 95.0 Å². The van der Waals surface area contributed by atoms with Crippen LogP contribution >= 0.6 is 0 Å². The van der Waals surface area contributed by atoms with E-state index in [0.29, 0.717) is 5.57 Å². The van der Waals surface area contributed by atoms with Crippen LogP contribution < -0.4 is 0 Å². The van der Waals surface area contributed by atoms with E-state index >= 15 is 0 Å². The lowest BCUT2D eigenvalue weighted by atomic mass is 10.2. The molecule has 0 aliphatic heterocycles. The van der Waals surface area contributed by atoms with Gasteiger partial charge in [-0.15, -0.1) is 0 Å². The number of carbonyl (C=O) groups is 2. The van der Waals surface area contributed by atoms with E-state index in [-0.39, 0.29) is 12.1 Å². The zero-order valence-corrected chi connectivity index (χ0v) is 9.77. The molecule has 0 saturated heterocycles. The van der Waals surface area contributed by atoms with Crippen molar-refractivity contribution in [1.29, 1.82) is 0 Å². The van der Waals surface area contributed by atoms with Crippen LogP contribution in [-0.2, 0) is 9.53 Å². The molecule has 1 unspecified atom stereocenters. The molecule has 0 aliphatic carbocycles. The van der Waals surface area contributed by atoms with Crippen molar-refractivity contribution in [2.45, 2.75) is 33.3 Å². The average molecular weight is 230 g/mol. The van der Waals surface area contributed by atoms with Crippen molar-refractivity contribution in [2.75, 3.05) is 0 Å². The summed E-state index contributed by atoms with van der Waals surface area (Å²) in [6, 6.07) is 0. The quantitative estimate of drug-likeness (QED) is 0.440. The van der Waals surface area contributed by atoms with Gasteiger partial charge in [0.2, 0.25) is 0 Å². The third kappa shape index (κ3) is 12.2. The van der Waals surface area contributed by atoms with Crippen LogP contribution in [0.25, 0.3) is 0 Å². The third-order valence-electron chi connectivity index (χ3n) is 1.42. The first kappa shape index (κ1) is 16.6. The average Bonchev–Trinajstić information content (AvgIpc) is 2.15. The van der Waals surface area contributed by atoms with Gasteiger partial charge in [-0.25, -0.2) is 9.59 Å². The van der Waals surface area contributed by atoms with E-state index in [1.54, 1.807) is 6.92 Å². The lowest BCUT2D eigenvalue weighted by molar-refractivity contribution is -0.142. The SMILES string of the molecule is C=C(C)C(=O)OC(C=CC)CC.O=C(O)O. The van der Waals surface area contributed by atoms with Crippen molar-refractivity contribution in [3.63, 3.8) is 0 Å². The minimum Gasteiger partial charge on any atom is -0.455 e. The highest BCUT2D eigenvalue weighted by atomic mass is 16.6. The number of hydrogen-bond acceptors (Lipinski definition) is 3. The van der Waals surface area contributed by atoms with Crippen molar-refractivity contribution < 1.29 is 24.5 Å². The van der Waals surface area contributed by atoms with Gasteiger partial charge in [-0.2, -0.15) is 0 Å². The van der Waals surface area contributed by atoms with Crippen LogP contribution in [0.1, 0.15) is 27.2 Å². The maximum Gasteiger partial charge on any atom is 0.503 e. The molecule has 0 saturated carbocycles. The lowest BCUT2D eigenvalue weighted by Gasteiger charge is -2.11. The second-order valence-electron chi connectivity index (χ2n) is 2.94.